The lowest BCUT2D eigenvalue weighted by atomic mass is 10.1. The summed E-state index contributed by atoms with van der Waals surface area (Å²) in [7, 11) is 6.24. The van der Waals surface area contributed by atoms with Gasteiger partial charge < -0.3 is 9.59 Å². The smallest absolute Gasteiger partial charge is 0.388 e. The van der Waals surface area contributed by atoms with E-state index in [4.69, 9.17) is 5.39 Å². The SMILES string of the molecule is C[N+](C)(C)CCc1cc([O-])ccc1[N+]#N. The van der Waals surface area contributed by atoms with Gasteiger partial charge in [-0.2, -0.15) is 0 Å². The Hall–Kier alpha value is -1.60. The summed E-state index contributed by atoms with van der Waals surface area (Å²) >= 11 is 0. The van der Waals surface area contributed by atoms with Crippen LogP contribution >= 0.6 is 0 Å². The first-order valence-corrected chi connectivity index (χ1v) is 4.88. The van der Waals surface area contributed by atoms with Crippen LogP contribution in [-0.4, -0.2) is 32.2 Å². The minimum absolute atomic E-state index is 0.0428. The number of hydrogen-bond donors (Lipinski definition) is 0. The molecule has 1 rings (SSSR count). The van der Waals surface area contributed by atoms with Crippen molar-refractivity contribution in [3.63, 3.8) is 0 Å². The van der Waals surface area contributed by atoms with Gasteiger partial charge in [0, 0.05) is 12.5 Å². The van der Waals surface area contributed by atoms with Crippen LogP contribution in [0.1, 0.15) is 5.56 Å². The highest BCUT2D eigenvalue weighted by Crippen LogP contribution is 2.23. The highest BCUT2D eigenvalue weighted by Gasteiger charge is 2.15. The second kappa shape index (κ2) is 4.28. The van der Waals surface area contributed by atoms with Gasteiger partial charge >= 0.3 is 5.69 Å². The van der Waals surface area contributed by atoms with E-state index in [1.165, 1.54) is 12.1 Å². The predicted octanol–water partition coefficient (Wildman–Crippen LogP) is 1.49. The fourth-order valence-electron chi connectivity index (χ4n) is 1.32. The first-order valence-electron chi connectivity index (χ1n) is 4.88. The van der Waals surface area contributed by atoms with Crippen LogP contribution in [0, 0.1) is 5.39 Å². The Morgan fingerprint density at radius 1 is 1.33 bits per heavy atom. The number of rotatable bonds is 3. The third-order valence-electron chi connectivity index (χ3n) is 2.21. The van der Waals surface area contributed by atoms with Crippen LogP contribution < -0.4 is 5.11 Å². The molecule has 1 aromatic carbocycles. The van der Waals surface area contributed by atoms with Crippen molar-refractivity contribution in [3.8, 4) is 5.75 Å². The van der Waals surface area contributed by atoms with Crippen LogP contribution in [0.2, 0.25) is 0 Å². The zero-order valence-corrected chi connectivity index (χ0v) is 9.40. The molecule has 0 amide bonds. The highest BCUT2D eigenvalue weighted by atomic mass is 16.3. The van der Waals surface area contributed by atoms with E-state index in [1.54, 1.807) is 6.07 Å². The summed E-state index contributed by atoms with van der Waals surface area (Å²) < 4.78 is 0.813. The van der Waals surface area contributed by atoms with E-state index in [2.05, 4.69) is 26.1 Å². The maximum atomic E-state index is 11.2. The second-order valence-corrected chi connectivity index (χ2v) is 4.65. The molecule has 0 bridgehead atoms. The molecular formula is C11H16N3O+. The number of hydrogen-bond acceptors (Lipinski definition) is 2. The lowest BCUT2D eigenvalue weighted by Crippen LogP contribution is -2.36. The molecule has 80 valence electrons. The van der Waals surface area contributed by atoms with Crippen molar-refractivity contribution in [2.24, 2.45) is 0 Å². The fourth-order valence-corrected chi connectivity index (χ4v) is 1.32. The maximum Gasteiger partial charge on any atom is 0.388 e. The quantitative estimate of drug-likeness (QED) is 0.555. The molecule has 0 saturated carbocycles. The van der Waals surface area contributed by atoms with Gasteiger partial charge in [0.1, 0.15) is 0 Å². The number of diazo groups is 1. The summed E-state index contributed by atoms with van der Waals surface area (Å²) in [5.41, 5.74) is 1.29. The molecule has 4 heteroatoms. The molecule has 0 saturated heterocycles. The van der Waals surface area contributed by atoms with Crippen LogP contribution in [0.15, 0.2) is 18.2 Å². The van der Waals surface area contributed by atoms with Gasteiger partial charge in [-0.15, -0.1) is 5.75 Å². The first kappa shape index (κ1) is 11.5. The third kappa shape index (κ3) is 3.56. The molecule has 0 unspecified atom stereocenters. The summed E-state index contributed by atoms with van der Waals surface area (Å²) in [6.07, 6.45) is 0.735. The minimum atomic E-state index is -0.0428. The van der Waals surface area contributed by atoms with Crippen molar-refractivity contribution in [2.75, 3.05) is 27.7 Å². The molecule has 0 N–H and O–H groups in total. The summed E-state index contributed by atoms with van der Waals surface area (Å²) in [5, 5.41) is 19.9. The number of nitrogens with zero attached hydrogens (tertiary/aromatic N) is 3. The molecule has 0 atom stereocenters. The Kier molecular flexibility index (Phi) is 3.28. The minimum Gasteiger partial charge on any atom is -0.872 e. The summed E-state index contributed by atoms with van der Waals surface area (Å²) in [6, 6.07) is 4.49. The maximum absolute atomic E-state index is 11.2. The zero-order valence-electron chi connectivity index (χ0n) is 9.40. The normalized spacial score (nSPS) is 11.1. The third-order valence-corrected chi connectivity index (χ3v) is 2.21. The molecule has 0 aliphatic carbocycles. The van der Waals surface area contributed by atoms with Crippen molar-refractivity contribution in [2.45, 2.75) is 6.42 Å². The van der Waals surface area contributed by atoms with Gasteiger partial charge in [-0.25, -0.2) is 0 Å². The van der Waals surface area contributed by atoms with E-state index in [0.717, 1.165) is 23.0 Å². The fraction of sp³-hybridized carbons (Fsp3) is 0.455. The first-order chi connectivity index (χ1) is 6.92. The predicted molar refractivity (Wildman–Crippen MR) is 57.2 cm³/mol. The molecule has 0 radical (unpaired) electrons. The van der Waals surface area contributed by atoms with E-state index in [-0.39, 0.29) is 5.75 Å². The Morgan fingerprint density at radius 2 is 2.00 bits per heavy atom. The van der Waals surface area contributed by atoms with E-state index >= 15 is 0 Å². The van der Waals surface area contributed by atoms with Gasteiger partial charge in [-0.05, 0) is 0 Å². The van der Waals surface area contributed by atoms with Gasteiger partial charge in [0.05, 0.1) is 33.3 Å². The van der Waals surface area contributed by atoms with E-state index in [1.807, 2.05) is 0 Å². The molecule has 0 fully saturated rings. The highest BCUT2D eigenvalue weighted by molar-refractivity contribution is 5.54. The molecule has 0 aliphatic rings. The average Bonchev–Trinajstić information content (AvgIpc) is 2.14. The average molecular weight is 206 g/mol. The van der Waals surface area contributed by atoms with Crippen LogP contribution in [-0.2, 0) is 6.42 Å². The van der Waals surface area contributed by atoms with E-state index < -0.39 is 0 Å². The largest absolute Gasteiger partial charge is 0.872 e. The summed E-state index contributed by atoms with van der Waals surface area (Å²) in [5.74, 6) is -0.0428. The van der Waals surface area contributed by atoms with E-state index in [9.17, 15) is 5.11 Å². The molecule has 0 aliphatic heterocycles. The van der Waals surface area contributed by atoms with Crippen LogP contribution in [0.3, 0.4) is 0 Å². The van der Waals surface area contributed by atoms with Crippen molar-refractivity contribution >= 4 is 5.69 Å². The van der Waals surface area contributed by atoms with Crippen LogP contribution in [0.25, 0.3) is 4.98 Å². The van der Waals surface area contributed by atoms with Crippen molar-refractivity contribution < 1.29 is 9.59 Å². The number of likely N-dealkylation sites (N-methyl/N-ethyl adjacent to an activating group) is 1. The Morgan fingerprint density at radius 3 is 2.53 bits per heavy atom. The lowest BCUT2D eigenvalue weighted by Gasteiger charge is -2.23. The molecule has 4 nitrogen and oxygen atoms in total. The van der Waals surface area contributed by atoms with Crippen LogP contribution in [0.5, 0.6) is 5.75 Å². The summed E-state index contributed by atoms with van der Waals surface area (Å²) in [6.45, 7) is 0.895. The van der Waals surface area contributed by atoms with Crippen molar-refractivity contribution in [1.29, 1.82) is 5.39 Å². The monoisotopic (exact) mass is 206 g/mol. The molecule has 1 aromatic rings. The van der Waals surface area contributed by atoms with Crippen LogP contribution in [0.4, 0.5) is 5.69 Å². The number of benzene rings is 1. The van der Waals surface area contributed by atoms with Crippen molar-refractivity contribution in [3.05, 3.63) is 28.7 Å². The summed E-state index contributed by atoms with van der Waals surface area (Å²) in [4.78, 5) is 3.17. The topological polar surface area (TPSA) is 51.2 Å². The van der Waals surface area contributed by atoms with Crippen molar-refractivity contribution in [1.82, 2.24) is 0 Å². The van der Waals surface area contributed by atoms with Gasteiger partial charge in [-0.1, -0.05) is 12.1 Å². The van der Waals surface area contributed by atoms with Gasteiger partial charge in [0.15, 0.2) is 4.98 Å². The Labute approximate surface area is 90.0 Å². The molecular weight excluding hydrogens is 190 g/mol. The molecule has 15 heavy (non-hydrogen) atoms. The standard InChI is InChI=1S/C11H16N3O/c1-14(2,3)7-6-9-8-10(15)4-5-11(9)13-12/h4-5,8H,6-7H2,1-3H3/q+1. The lowest BCUT2D eigenvalue weighted by molar-refractivity contribution is -0.870. The van der Waals surface area contributed by atoms with Gasteiger partial charge in [0.25, 0.3) is 0 Å². The zero-order chi connectivity index (χ0) is 11.5. The molecule has 0 heterocycles. The number of quaternary nitrogens is 1. The molecule has 0 aromatic heterocycles. The van der Waals surface area contributed by atoms with E-state index in [0.29, 0.717) is 5.69 Å². The second-order valence-electron chi connectivity index (χ2n) is 4.65. The van der Waals surface area contributed by atoms with Gasteiger partial charge in [0.2, 0.25) is 5.39 Å². The molecule has 0 spiro atoms. The Balaban J connectivity index is 2.85. The Bertz CT molecular complexity index is 388. The van der Waals surface area contributed by atoms with Gasteiger partial charge in [-0.3, -0.25) is 0 Å².